The quantitative estimate of drug-likeness (QED) is 0.890. The van der Waals surface area contributed by atoms with E-state index in [1.165, 1.54) is 31.4 Å². The molecule has 0 aliphatic heterocycles. The molecule has 3 heteroatoms. The molecule has 1 aromatic heterocycles. The molecular formula is C16H29N3. The van der Waals surface area contributed by atoms with E-state index in [1.807, 2.05) is 12.5 Å². The Hall–Kier alpha value is -0.830. The normalized spacial score (nSPS) is 21.8. The van der Waals surface area contributed by atoms with Gasteiger partial charge in [0.1, 0.15) is 0 Å². The van der Waals surface area contributed by atoms with Crippen LogP contribution in [0.1, 0.15) is 77.6 Å². The van der Waals surface area contributed by atoms with Crippen molar-refractivity contribution in [1.82, 2.24) is 9.55 Å². The maximum atomic E-state index is 6.34. The van der Waals surface area contributed by atoms with Crippen molar-refractivity contribution in [3.63, 3.8) is 0 Å². The second-order valence-corrected chi connectivity index (χ2v) is 7.36. The molecule has 0 spiro atoms. The van der Waals surface area contributed by atoms with Crippen molar-refractivity contribution in [3.05, 3.63) is 18.2 Å². The molecule has 1 heterocycles. The summed E-state index contributed by atoms with van der Waals surface area (Å²) in [5, 5.41) is 0. The minimum Gasteiger partial charge on any atom is -0.330 e. The Morgan fingerprint density at radius 3 is 2.58 bits per heavy atom. The predicted molar refractivity (Wildman–Crippen MR) is 79.9 cm³/mol. The van der Waals surface area contributed by atoms with Gasteiger partial charge in [-0.2, -0.15) is 0 Å². The largest absolute Gasteiger partial charge is 0.330 e. The van der Waals surface area contributed by atoms with Crippen LogP contribution in [0.25, 0.3) is 0 Å². The summed E-state index contributed by atoms with van der Waals surface area (Å²) in [6.45, 7) is 9.21. The molecule has 1 fully saturated rings. The third kappa shape index (κ3) is 3.59. The van der Waals surface area contributed by atoms with Crippen LogP contribution in [0.3, 0.4) is 0 Å². The first kappa shape index (κ1) is 14.6. The van der Waals surface area contributed by atoms with Crippen molar-refractivity contribution in [2.24, 2.45) is 17.1 Å². The highest BCUT2D eigenvalue weighted by Gasteiger charge is 2.29. The van der Waals surface area contributed by atoms with Crippen molar-refractivity contribution in [1.29, 1.82) is 0 Å². The van der Waals surface area contributed by atoms with Gasteiger partial charge in [0.05, 0.1) is 12.0 Å². The fourth-order valence-electron chi connectivity index (χ4n) is 3.20. The van der Waals surface area contributed by atoms with Crippen LogP contribution >= 0.6 is 0 Å². The Balaban J connectivity index is 2.07. The molecule has 1 atom stereocenters. The molecule has 1 saturated carbocycles. The summed E-state index contributed by atoms with van der Waals surface area (Å²) in [7, 11) is 0. The van der Waals surface area contributed by atoms with E-state index in [4.69, 9.17) is 5.73 Å². The smallest absolute Gasteiger partial charge is 0.0951 e. The van der Waals surface area contributed by atoms with Crippen LogP contribution in [0, 0.1) is 11.3 Å². The van der Waals surface area contributed by atoms with Crippen LogP contribution in [0.4, 0.5) is 0 Å². The standard InChI is InChI=1S/C16H29N3/c1-12(2)9-14(17)15-10-18-11-19(15)13-5-7-16(3,4)8-6-13/h10-14H,5-9,17H2,1-4H3. The number of imidazole rings is 1. The summed E-state index contributed by atoms with van der Waals surface area (Å²) >= 11 is 0. The van der Waals surface area contributed by atoms with Crippen molar-refractivity contribution in [3.8, 4) is 0 Å². The number of hydrogen-bond acceptors (Lipinski definition) is 2. The minimum absolute atomic E-state index is 0.123. The Morgan fingerprint density at radius 2 is 2.00 bits per heavy atom. The van der Waals surface area contributed by atoms with Gasteiger partial charge in [0.15, 0.2) is 0 Å². The average molecular weight is 263 g/mol. The van der Waals surface area contributed by atoms with Gasteiger partial charge in [0.2, 0.25) is 0 Å². The molecule has 2 N–H and O–H groups in total. The van der Waals surface area contributed by atoms with Gasteiger partial charge < -0.3 is 10.3 Å². The Labute approximate surface area is 117 Å². The average Bonchev–Trinajstić information content (AvgIpc) is 2.77. The highest BCUT2D eigenvalue weighted by atomic mass is 15.1. The minimum atomic E-state index is 0.123. The molecule has 1 aliphatic rings. The second kappa shape index (κ2) is 5.66. The predicted octanol–water partition coefficient (Wildman–Crippen LogP) is 4.07. The van der Waals surface area contributed by atoms with E-state index in [2.05, 4.69) is 37.2 Å². The van der Waals surface area contributed by atoms with E-state index in [0.29, 0.717) is 17.4 Å². The Morgan fingerprint density at radius 1 is 1.37 bits per heavy atom. The van der Waals surface area contributed by atoms with Gasteiger partial charge in [-0.15, -0.1) is 0 Å². The monoisotopic (exact) mass is 263 g/mol. The first-order valence-corrected chi connectivity index (χ1v) is 7.66. The molecule has 2 rings (SSSR count). The molecule has 3 nitrogen and oxygen atoms in total. The number of nitrogens with two attached hydrogens (primary N) is 1. The summed E-state index contributed by atoms with van der Waals surface area (Å²) in [4.78, 5) is 4.35. The summed E-state index contributed by atoms with van der Waals surface area (Å²) in [5.74, 6) is 0.628. The van der Waals surface area contributed by atoms with Crippen LogP contribution in [0.2, 0.25) is 0 Å². The fraction of sp³-hybridized carbons (Fsp3) is 0.812. The van der Waals surface area contributed by atoms with Gasteiger partial charge in [0, 0.05) is 18.3 Å². The first-order chi connectivity index (χ1) is 8.89. The lowest BCUT2D eigenvalue weighted by atomic mass is 9.75. The topological polar surface area (TPSA) is 43.8 Å². The number of aromatic nitrogens is 2. The van der Waals surface area contributed by atoms with Gasteiger partial charge in [0.25, 0.3) is 0 Å². The van der Waals surface area contributed by atoms with E-state index in [1.54, 1.807) is 0 Å². The number of nitrogens with zero attached hydrogens (tertiary/aromatic N) is 2. The zero-order chi connectivity index (χ0) is 14.0. The van der Waals surface area contributed by atoms with Crippen molar-refractivity contribution in [2.45, 2.75) is 71.9 Å². The maximum Gasteiger partial charge on any atom is 0.0951 e. The lowest BCUT2D eigenvalue weighted by Crippen LogP contribution is -2.26. The fourth-order valence-corrected chi connectivity index (χ4v) is 3.20. The van der Waals surface area contributed by atoms with Gasteiger partial charge in [-0.1, -0.05) is 27.7 Å². The molecule has 0 saturated heterocycles. The van der Waals surface area contributed by atoms with Gasteiger partial charge >= 0.3 is 0 Å². The Kier molecular flexibility index (Phi) is 4.34. The highest BCUT2D eigenvalue weighted by molar-refractivity contribution is 5.07. The lowest BCUT2D eigenvalue weighted by molar-refractivity contribution is 0.190. The van der Waals surface area contributed by atoms with E-state index in [-0.39, 0.29) is 6.04 Å². The van der Waals surface area contributed by atoms with Crippen LogP contribution in [-0.4, -0.2) is 9.55 Å². The van der Waals surface area contributed by atoms with Crippen LogP contribution in [0.5, 0.6) is 0 Å². The summed E-state index contributed by atoms with van der Waals surface area (Å²) < 4.78 is 2.35. The second-order valence-electron chi connectivity index (χ2n) is 7.36. The lowest BCUT2D eigenvalue weighted by Gasteiger charge is -2.36. The summed E-state index contributed by atoms with van der Waals surface area (Å²) in [6, 6.07) is 0.723. The van der Waals surface area contributed by atoms with Crippen molar-refractivity contribution < 1.29 is 0 Å². The molecule has 0 radical (unpaired) electrons. The molecule has 1 aromatic rings. The molecule has 0 bridgehead atoms. The highest BCUT2D eigenvalue weighted by Crippen LogP contribution is 2.41. The molecular weight excluding hydrogens is 234 g/mol. The van der Waals surface area contributed by atoms with E-state index >= 15 is 0 Å². The zero-order valence-corrected chi connectivity index (χ0v) is 12.9. The third-order valence-corrected chi connectivity index (χ3v) is 4.50. The van der Waals surface area contributed by atoms with Crippen LogP contribution in [0.15, 0.2) is 12.5 Å². The van der Waals surface area contributed by atoms with Crippen LogP contribution in [-0.2, 0) is 0 Å². The summed E-state index contributed by atoms with van der Waals surface area (Å²) in [6.07, 6.45) is 10.1. The van der Waals surface area contributed by atoms with E-state index in [0.717, 1.165) is 6.42 Å². The molecule has 108 valence electrons. The van der Waals surface area contributed by atoms with E-state index in [9.17, 15) is 0 Å². The zero-order valence-electron chi connectivity index (χ0n) is 12.9. The molecule has 0 amide bonds. The van der Waals surface area contributed by atoms with E-state index < -0.39 is 0 Å². The molecule has 1 unspecified atom stereocenters. The SMILES string of the molecule is CC(C)CC(N)c1cncn1C1CCC(C)(C)CC1. The molecule has 1 aliphatic carbocycles. The van der Waals surface area contributed by atoms with Gasteiger partial charge in [-0.05, 0) is 43.4 Å². The Bertz CT molecular complexity index is 396. The van der Waals surface area contributed by atoms with Gasteiger partial charge in [-0.3, -0.25) is 0 Å². The van der Waals surface area contributed by atoms with Crippen molar-refractivity contribution in [2.75, 3.05) is 0 Å². The number of hydrogen-bond donors (Lipinski definition) is 1. The molecule has 19 heavy (non-hydrogen) atoms. The first-order valence-electron chi connectivity index (χ1n) is 7.66. The maximum absolute atomic E-state index is 6.34. The van der Waals surface area contributed by atoms with Gasteiger partial charge in [-0.25, -0.2) is 4.98 Å². The van der Waals surface area contributed by atoms with Crippen LogP contribution < -0.4 is 5.73 Å². The van der Waals surface area contributed by atoms with Crippen molar-refractivity contribution >= 4 is 0 Å². The number of rotatable bonds is 4. The summed E-state index contributed by atoms with van der Waals surface area (Å²) in [5.41, 5.74) is 8.07. The third-order valence-electron chi connectivity index (χ3n) is 4.50. The molecule has 0 aromatic carbocycles.